The lowest BCUT2D eigenvalue weighted by atomic mass is 9.96. The van der Waals surface area contributed by atoms with Gasteiger partial charge in [-0.25, -0.2) is 4.79 Å². The third-order valence-electron chi connectivity index (χ3n) is 5.22. The Morgan fingerprint density at radius 2 is 1.92 bits per heavy atom. The number of rotatable bonds is 4. The van der Waals surface area contributed by atoms with Crippen molar-refractivity contribution in [3.05, 3.63) is 11.8 Å². The molecular weight excluding hydrogens is 306 g/mol. The number of aryl methyl sites for hydroxylation is 1. The zero-order chi connectivity index (χ0) is 16.9. The predicted molar refractivity (Wildman–Crippen MR) is 90.6 cm³/mol. The number of carbonyl (C=O) groups excluding carboxylic acids is 1. The van der Waals surface area contributed by atoms with E-state index in [-0.39, 0.29) is 12.1 Å². The van der Waals surface area contributed by atoms with E-state index in [4.69, 9.17) is 4.42 Å². The number of hydrogen-bond donors (Lipinski definition) is 1. The van der Waals surface area contributed by atoms with Crippen molar-refractivity contribution in [1.82, 2.24) is 25.3 Å². The van der Waals surface area contributed by atoms with E-state index in [1.807, 2.05) is 11.8 Å². The smallest absolute Gasteiger partial charge is 0.317 e. The average Bonchev–Trinajstić information content (AvgIpc) is 3.11. The van der Waals surface area contributed by atoms with E-state index in [2.05, 4.69) is 27.3 Å². The maximum Gasteiger partial charge on any atom is 0.317 e. The molecule has 2 fully saturated rings. The maximum atomic E-state index is 12.4. The largest absolute Gasteiger partial charge is 0.424 e. The van der Waals surface area contributed by atoms with Gasteiger partial charge in [-0.15, -0.1) is 10.2 Å². The molecule has 0 spiro atoms. The van der Waals surface area contributed by atoms with Crippen LogP contribution in [-0.4, -0.2) is 58.2 Å². The molecule has 134 valence electrons. The second-order valence-electron chi connectivity index (χ2n) is 6.87. The average molecular weight is 335 g/mol. The molecule has 24 heavy (non-hydrogen) atoms. The van der Waals surface area contributed by atoms with E-state index in [1.54, 1.807) is 0 Å². The molecule has 1 N–H and O–H groups in total. The van der Waals surface area contributed by atoms with Gasteiger partial charge < -0.3 is 14.6 Å². The van der Waals surface area contributed by atoms with Crippen LogP contribution in [0.25, 0.3) is 0 Å². The molecule has 2 amide bonds. The Balaban J connectivity index is 1.47. The van der Waals surface area contributed by atoms with Gasteiger partial charge in [0.05, 0.1) is 6.04 Å². The molecule has 1 aliphatic heterocycles. The number of hydrogen-bond acceptors (Lipinski definition) is 5. The van der Waals surface area contributed by atoms with Crippen LogP contribution in [0.2, 0.25) is 0 Å². The molecule has 1 saturated carbocycles. The van der Waals surface area contributed by atoms with E-state index in [9.17, 15) is 4.79 Å². The molecule has 1 unspecified atom stereocenters. The van der Waals surface area contributed by atoms with Crippen molar-refractivity contribution < 1.29 is 9.21 Å². The topological polar surface area (TPSA) is 74.5 Å². The van der Waals surface area contributed by atoms with Crippen LogP contribution >= 0.6 is 0 Å². The molecule has 3 rings (SSSR count). The van der Waals surface area contributed by atoms with Gasteiger partial charge in [0.15, 0.2) is 0 Å². The summed E-state index contributed by atoms with van der Waals surface area (Å²) < 4.78 is 5.67. The van der Waals surface area contributed by atoms with Crippen LogP contribution in [0.1, 0.15) is 63.8 Å². The van der Waals surface area contributed by atoms with Crippen molar-refractivity contribution in [2.75, 3.05) is 26.2 Å². The minimum atomic E-state index is 0.0975. The second-order valence-corrected chi connectivity index (χ2v) is 6.87. The highest BCUT2D eigenvalue weighted by atomic mass is 16.4. The third-order valence-corrected chi connectivity index (χ3v) is 5.22. The Bertz CT molecular complexity index is 533. The van der Waals surface area contributed by atoms with Crippen LogP contribution < -0.4 is 5.32 Å². The third kappa shape index (κ3) is 4.06. The molecule has 2 heterocycles. The van der Waals surface area contributed by atoms with Gasteiger partial charge in [0.1, 0.15) is 0 Å². The number of piperazine rings is 1. The highest BCUT2D eigenvalue weighted by Gasteiger charge is 2.28. The number of urea groups is 1. The number of nitrogens with one attached hydrogen (secondary N) is 1. The Hall–Kier alpha value is -1.63. The molecule has 0 aromatic carbocycles. The summed E-state index contributed by atoms with van der Waals surface area (Å²) >= 11 is 0. The fourth-order valence-corrected chi connectivity index (χ4v) is 3.56. The Morgan fingerprint density at radius 1 is 1.21 bits per heavy atom. The van der Waals surface area contributed by atoms with E-state index in [0.717, 1.165) is 45.4 Å². The van der Waals surface area contributed by atoms with E-state index < -0.39 is 0 Å². The number of carbonyl (C=O) groups is 1. The number of nitrogens with zero attached hydrogens (tertiary/aromatic N) is 4. The van der Waals surface area contributed by atoms with E-state index in [0.29, 0.717) is 17.8 Å². The molecule has 1 aliphatic carbocycles. The van der Waals surface area contributed by atoms with Gasteiger partial charge in [-0.3, -0.25) is 4.90 Å². The van der Waals surface area contributed by atoms with Gasteiger partial charge in [-0.05, 0) is 19.8 Å². The lowest BCUT2D eigenvalue weighted by Gasteiger charge is -2.37. The first-order chi connectivity index (χ1) is 11.7. The summed E-state index contributed by atoms with van der Waals surface area (Å²) in [5.74, 6) is 1.36. The fourth-order valence-electron chi connectivity index (χ4n) is 3.56. The fraction of sp³-hybridized carbons (Fsp3) is 0.824. The van der Waals surface area contributed by atoms with Crippen LogP contribution in [0, 0.1) is 0 Å². The monoisotopic (exact) mass is 335 g/mol. The Labute approximate surface area is 143 Å². The van der Waals surface area contributed by atoms with Gasteiger partial charge in [-0.2, -0.15) is 0 Å². The van der Waals surface area contributed by atoms with Gasteiger partial charge in [0.25, 0.3) is 0 Å². The van der Waals surface area contributed by atoms with Crippen LogP contribution in [0.3, 0.4) is 0 Å². The SMILES string of the molecule is CCc1nnc(C(C)N2CCN(C(=O)NC3CCCCC3)CC2)o1. The van der Waals surface area contributed by atoms with Crippen molar-refractivity contribution in [3.8, 4) is 0 Å². The normalized spacial score (nSPS) is 21.7. The zero-order valence-electron chi connectivity index (χ0n) is 14.8. The summed E-state index contributed by atoms with van der Waals surface area (Å²) in [6.45, 7) is 7.26. The summed E-state index contributed by atoms with van der Waals surface area (Å²) in [7, 11) is 0. The van der Waals surface area contributed by atoms with Gasteiger partial charge in [0.2, 0.25) is 11.8 Å². The van der Waals surface area contributed by atoms with Gasteiger partial charge in [-0.1, -0.05) is 26.2 Å². The summed E-state index contributed by atoms with van der Waals surface area (Å²) in [5.41, 5.74) is 0. The first kappa shape index (κ1) is 17.2. The highest BCUT2D eigenvalue weighted by molar-refractivity contribution is 5.74. The van der Waals surface area contributed by atoms with Gasteiger partial charge in [0, 0.05) is 38.6 Å². The molecule has 1 aromatic heterocycles. The summed E-state index contributed by atoms with van der Waals surface area (Å²) in [6, 6.07) is 0.565. The molecule has 1 saturated heterocycles. The molecular formula is C17H29N5O2. The second kappa shape index (κ2) is 7.96. The summed E-state index contributed by atoms with van der Waals surface area (Å²) in [5, 5.41) is 11.4. The molecule has 7 nitrogen and oxygen atoms in total. The minimum Gasteiger partial charge on any atom is -0.424 e. The maximum absolute atomic E-state index is 12.4. The molecule has 0 radical (unpaired) electrons. The first-order valence-electron chi connectivity index (χ1n) is 9.29. The van der Waals surface area contributed by atoms with Crippen molar-refractivity contribution >= 4 is 6.03 Å². The molecule has 2 aliphatic rings. The highest BCUT2D eigenvalue weighted by Crippen LogP contribution is 2.21. The zero-order valence-corrected chi connectivity index (χ0v) is 14.8. The first-order valence-corrected chi connectivity index (χ1v) is 9.29. The van der Waals surface area contributed by atoms with Crippen molar-refractivity contribution in [2.45, 2.75) is 64.5 Å². The Morgan fingerprint density at radius 3 is 2.54 bits per heavy atom. The van der Waals surface area contributed by atoms with Gasteiger partial charge >= 0.3 is 6.03 Å². The molecule has 7 heteroatoms. The van der Waals surface area contributed by atoms with Crippen LogP contribution in [0.5, 0.6) is 0 Å². The summed E-state index contributed by atoms with van der Waals surface area (Å²) in [6.07, 6.45) is 6.78. The summed E-state index contributed by atoms with van der Waals surface area (Å²) in [4.78, 5) is 16.6. The van der Waals surface area contributed by atoms with Crippen LogP contribution in [0.15, 0.2) is 4.42 Å². The molecule has 1 aromatic rings. The molecule has 0 bridgehead atoms. The van der Waals surface area contributed by atoms with E-state index in [1.165, 1.54) is 19.3 Å². The predicted octanol–water partition coefficient (Wildman–Crippen LogP) is 2.35. The number of amides is 2. The van der Waals surface area contributed by atoms with E-state index >= 15 is 0 Å². The van der Waals surface area contributed by atoms with Crippen LogP contribution in [-0.2, 0) is 6.42 Å². The Kier molecular flexibility index (Phi) is 5.71. The van der Waals surface area contributed by atoms with Crippen molar-refractivity contribution in [3.63, 3.8) is 0 Å². The standard InChI is InChI=1S/C17H29N5O2/c1-3-15-19-20-16(24-15)13(2)21-9-11-22(12-10-21)17(23)18-14-7-5-4-6-8-14/h13-14H,3-12H2,1-2H3,(H,18,23). The lowest BCUT2D eigenvalue weighted by molar-refractivity contribution is 0.101. The lowest BCUT2D eigenvalue weighted by Crippen LogP contribution is -2.54. The number of aromatic nitrogens is 2. The molecule has 1 atom stereocenters. The minimum absolute atomic E-state index is 0.0975. The quantitative estimate of drug-likeness (QED) is 0.914. The van der Waals surface area contributed by atoms with Crippen LogP contribution in [0.4, 0.5) is 4.79 Å². The van der Waals surface area contributed by atoms with Crippen molar-refractivity contribution in [1.29, 1.82) is 0 Å². The van der Waals surface area contributed by atoms with Crippen molar-refractivity contribution in [2.24, 2.45) is 0 Å².